The summed E-state index contributed by atoms with van der Waals surface area (Å²) in [5, 5.41) is 1.33. The second-order valence-corrected chi connectivity index (χ2v) is 5.51. The number of esters is 1. The normalized spacial score (nSPS) is 10.7. The van der Waals surface area contributed by atoms with Crippen molar-refractivity contribution in [2.24, 2.45) is 0 Å². The standard InChI is InChI=1S/C18H15ClO5/c1-10-12-9-11(19)7-8-13(12)23-16(10)18(20)24-17-14(21-2)5-4-6-15(17)22-3/h4-9H,1-3H3. The van der Waals surface area contributed by atoms with Crippen LogP contribution in [-0.2, 0) is 0 Å². The Morgan fingerprint density at radius 3 is 2.38 bits per heavy atom. The molecule has 0 atom stereocenters. The fourth-order valence-corrected chi connectivity index (χ4v) is 2.62. The molecule has 24 heavy (non-hydrogen) atoms. The predicted molar refractivity (Wildman–Crippen MR) is 90.5 cm³/mol. The Hall–Kier alpha value is -2.66. The van der Waals surface area contributed by atoms with Crippen LogP contribution in [0.2, 0.25) is 5.02 Å². The van der Waals surface area contributed by atoms with Crippen molar-refractivity contribution in [2.75, 3.05) is 14.2 Å². The number of fused-ring (bicyclic) bond motifs is 1. The van der Waals surface area contributed by atoms with Crippen LogP contribution in [0.1, 0.15) is 16.1 Å². The first-order chi connectivity index (χ1) is 11.5. The van der Waals surface area contributed by atoms with Crippen LogP contribution in [0.15, 0.2) is 40.8 Å². The molecule has 3 aromatic rings. The van der Waals surface area contributed by atoms with Crippen LogP contribution < -0.4 is 14.2 Å². The van der Waals surface area contributed by atoms with E-state index >= 15 is 0 Å². The van der Waals surface area contributed by atoms with Gasteiger partial charge in [-0.2, -0.15) is 0 Å². The topological polar surface area (TPSA) is 57.9 Å². The van der Waals surface area contributed by atoms with Crippen molar-refractivity contribution in [3.63, 3.8) is 0 Å². The van der Waals surface area contributed by atoms with Gasteiger partial charge in [0, 0.05) is 16.0 Å². The molecule has 0 radical (unpaired) electrons. The Morgan fingerprint density at radius 1 is 1.08 bits per heavy atom. The van der Waals surface area contributed by atoms with Crippen LogP contribution in [-0.4, -0.2) is 20.2 Å². The van der Waals surface area contributed by atoms with Gasteiger partial charge >= 0.3 is 5.97 Å². The summed E-state index contributed by atoms with van der Waals surface area (Å²) in [5.41, 5.74) is 1.22. The van der Waals surface area contributed by atoms with E-state index < -0.39 is 5.97 Å². The molecule has 5 nitrogen and oxygen atoms in total. The Bertz CT molecular complexity index is 891. The first kappa shape index (κ1) is 16.2. The van der Waals surface area contributed by atoms with E-state index in [0.29, 0.717) is 27.7 Å². The van der Waals surface area contributed by atoms with Gasteiger partial charge in [-0.3, -0.25) is 0 Å². The van der Waals surface area contributed by atoms with Gasteiger partial charge in [0.25, 0.3) is 0 Å². The van der Waals surface area contributed by atoms with Crippen molar-refractivity contribution in [3.05, 3.63) is 52.7 Å². The highest BCUT2D eigenvalue weighted by Crippen LogP contribution is 2.38. The van der Waals surface area contributed by atoms with Crippen LogP contribution in [0.4, 0.5) is 0 Å². The van der Waals surface area contributed by atoms with Gasteiger partial charge in [-0.05, 0) is 37.3 Å². The molecule has 6 heteroatoms. The van der Waals surface area contributed by atoms with Gasteiger partial charge in [-0.25, -0.2) is 4.79 Å². The highest BCUT2D eigenvalue weighted by Gasteiger charge is 2.23. The summed E-state index contributed by atoms with van der Waals surface area (Å²) in [4.78, 5) is 12.6. The third-order valence-electron chi connectivity index (χ3n) is 3.66. The minimum absolute atomic E-state index is 0.111. The number of aryl methyl sites for hydroxylation is 1. The number of methoxy groups -OCH3 is 2. The molecule has 1 heterocycles. The molecule has 0 aliphatic heterocycles. The average molecular weight is 347 g/mol. The number of rotatable bonds is 4. The van der Waals surface area contributed by atoms with Crippen molar-refractivity contribution in [3.8, 4) is 17.2 Å². The van der Waals surface area contributed by atoms with Crippen LogP contribution in [0.25, 0.3) is 11.0 Å². The smallest absolute Gasteiger partial charge is 0.380 e. The lowest BCUT2D eigenvalue weighted by atomic mass is 10.1. The highest BCUT2D eigenvalue weighted by molar-refractivity contribution is 6.31. The number of carbonyl (C=O) groups is 1. The van der Waals surface area contributed by atoms with Gasteiger partial charge in [0.2, 0.25) is 11.5 Å². The summed E-state index contributed by atoms with van der Waals surface area (Å²) in [6.07, 6.45) is 0. The van der Waals surface area contributed by atoms with Gasteiger partial charge in [-0.15, -0.1) is 0 Å². The Balaban J connectivity index is 2.01. The first-order valence-corrected chi connectivity index (χ1v) is 7.54. The van der Waals surface area contributed by atoms with Crippen LogP contribution in [0.3, 0.4) is 0 Å². The Kier molecular flexibility index (Phi) is 4.36. The monoisotopic (exact) mass is 346 g/mol. The predicted octanol–water partition coefficient (Wildman–Crippen LogP) is 4.63. The summed E-state index contributed by atoms with van der Waals surface area (Å²) in [5.74, 6) is 0.451. The van der Waals surface area contributed by atoms with Gasteiger partial charge in [0.1, 0.15) is 5.58 Å². The van der Waals surface area contributed by atoms with E-state index in [-0.39, 0.29) is 11.5 Å². The quantitative estimate of drug-likeness (QED) is 0.509. The summed E-state index contributed by atoms with van der Waals surface area (Å²) in [7, 11) is 2.97. The third kappa shape index (κ3) is 2.78. The number of furan rings is 1. The molecule has 2 aromatic carbocycles. The summed E-state index contributed by atoms with van der Waals surface area (Å²) < 4.78 is 21.5. The molecule has 124 valence electrons. The number of ether oxygens (including phenoxy) is 3. The molecule has 0 aliphatic rings. The van der Waals surface area contributed by atoms with Crippen molar-refractivity contribution in [1.29, 1.82) is 0 Å². The minimum atomic E-state index is -0.636. The van der Waals surface area contributed by atoms with Crippen molar-refractivity contribution in [2.45, 2.75) is 6.92 Å². The van der Waals surface area contributed by atoms with Gasteiger partial charge < -0.3 is 18.6 Å². The second-order valence-electron chi connectivity index (χ2n) is 5.08. The molecule has 0 spiro atoms. The molecule has 3 rings (SSSR count). The number of hydrogen-bond acceptors (Lipinski definition) is 5. The van der Waals surface area contributed by atoms with Gasteiger partial charge in [0.15, 0.2) is 11.5 Å². The van der Waals surface area contributed by atoms with E-state index in [9.17, 15) is 4.79 Å². The fourth-order valence-electron chi connectivity index (χ4n) is 2.44. The molecule has 0 aliphatic carbocycles. The number of carbonyl (C=O) groups excluding carboxylic acids is 1. The summed E-state index contributed by atoms with van der Waals surface area (Å²) >= 11 is 6.00. The van der Waals surface area contributed by atoms with E-state index in [1.165, 1.54) is 14.2 Å². The lowest BCUT2D eigenvalue weighted by molar-refractivity contribution is 0.0692. The maximum Gasteiger partial charge on any atom is 0.380 e. The van der Waals surface area contributed by atoms with E-state index in [0.717, 1.165) is 5.39 Å². The molecule has 0 amide bonds. The highest BCUT2D eigenvalue weighted by atomic mass is 35.5. The third-order valence-corrected chi connectivity index (χ3v) is 3.90. The van der Waals surface area contributed by atoms with Crippen LogP contribution in [0.5, 0.6) is 17.2 Å². The fraction of sp³-hybridized carbons (Fsp3) is 0.167. The molecule has 0 bridgehead atoms. The molecule has 0 N–H and O–H groups in total. The number of para-hydroxylation sites is 1. The number of hydrogen-bond donors (Lipinski definition) is 0. The lowest BCUT2D eigenvalue weighted by Crippen LogP contribution is -2.10. The van der Waals surface area contributed by atoms with Crippen molar-refractivity contribution < 1.29 is 23.4 Å². The second kappa shape index (κ2) is 6.45. The largest absolute Gasteiger partial charge is 0.493 e. The molecular weight excluding hydrogens is 332 g/mol. The van der Waals surface area contributed by atoms with E-state index in [1.807, 2.05) is 0 Å². The zero-order valence-corrected chi connectivity index (χ0v) is 14.1. The SMILES string of the molecule is COc1cccc(OC)c1OC(=O)c1oc2ccc(Cl)cc2c1C. The van der Waals surface area contributed by atoms with E-state index in [1.54, 1.807) is 43.3 Å². The van der Waals surface area contributed by atoms with E-state index in [2.05, 4.69) is 0 Å². The van der Waals surface area contributed by atoms with Gasteiger partial charge in [0.05, 0.1) is 14.2 Å². The Morgan fingerprint density at radius 2 is 1.75 bits per heavy atom. The molecule has 0 saturated heterocycles. The average Bonchev–Trinajstić information content (AvgIpc) is 2.91. The maximum absolute atomic E-state index is 12.6. The molecule has 1 aromatic heterocycles. The molecule has 0 saturated carbocycles. The first-order valence-electron chi connectivity index (χ1n) is 7.17. The van der Waals surface area contributed by atoms with E-state index in [4.69, 9.17) is 30.2 Å². The molecule has 0 fully saturated rings. The van der Waals surface area contributed by atoms with Gasteiger partial charge in [-0.1, -0.05) is 17.7 Å². The number of benzene rings is 2. The molecule has 0 unspecified atom stereocenters. The van der Waals surface area contributed by atoms with Crippen LogP contribution in [0, 0.1) is 6.92 Å². The number of halogens is 1. The zero-order chi connectivity index (χ0) is 17.3. The van der Waals surface area contributed by atoms with Crippen molar-refractivity contribution in [1.82, 2.24) is 0 Å². The molecular formula is C18H15ClO5. The minimum Gasteiger partial charge on any atom is -0.493 e. The summed E-state index contributed by atoms with van der Waals surface area (Å²) in [6, 6.07) is 10.3. The summed E-state index contributed by atoms with van der Waals surface area (Å²) in [6.45, 7) is 1.78. The zero-order valence-electron chi connectivity index (χ0n) is 13.4. The van der Waals surface area contributed by atoms with Crippen molar-refractivity contribution >= 4 is 28.5 Å². The Labute approximate surface area is 143 Å². The maximum atomic E-state index is 12.6. The lowest BCUT2D eigenvalue weighted by Gasteiger charge is -2.12. The van der Waals surface area contributed by atoms with Crippen LogP contribution >= 0.6 is 11.6 Å².